The SMILES string of the molecule is CC(C)Cc1ccc(CN(C)CC2CC(=O)N(C)C2)cc1. The molecule has 1 aliphatic rings. The third kappa shape index (κ3) is 4.85. The predicted octanol–water partition coefficient (Wildman–Crippen LogP) is 2.80. The highest BCUT2D eigenvalue weighted by Gasteiger charge is 2.27. The van der Waals surface area contributed by atoms with E-state index >= 15 is 0 Å². The average molecular weight is 288 g/mol. The molecule has 0 saturated carbocycles. The van der Waals surface area contributed by atoms with E-state index in [0.29, 0.717) is 18.3 Å². The van der Waals surface area contributed by atoms with E-state index in [0.717, 1.165) is 26.1 Å². The Morgan fingerprint density at radius 2 is 1.86 bits per heavy atom. The molecule has 1 fully saturated rings. The molecule has 1 aromatic carbocycles. The van der Waals surface area contributed by atoms with Crippen LogP contribution in [0, 0.1) is 11.8 Å². The Morgan fingerprint density at radius 1 is 1.24 bits per heavy atom. The first-order valence-corrected chi connectivity index (χ1v) is 7.94. The van der Waals surface area contributed by atoms with E-state index in [9.17, 15) is 4.79 Å². The number of likely N-dealkylation sites (tertiary alicyclic amines) is 1. The zero-order valence-electron chi connectivity index (χ0n) is 13.8. The second-order valence-corrected chi connectivity index (χ2v) is 6.96. The van der Waals surface area contributed by atoms with Crippen molar-refractivity contribution in [3.8, 4) is 0 Å². The highest BCUT2D eigenvalue weighted by Crippen LogP contribution is 2.18. The lowest BCUT2D eigenvalue weighted by Gasteiger charge is -2.20. The fourth-order valence-electron chi connectivity index (χ4n) is 3.15. The van der Waals surface area contributed by atoms with Crippen LogP contribution in [0.1, 0.15) is 31.4 Å². The maximum atomic E-state index is 11.6. The molecule has 0 spiro atoms. The lowest BCUT2D eigenvalue weighted by atomic mass is 10.0. The van der Waals surface area contributed by atoms with Crippen molar-refractivity contribution in [1.29, 1.82) is 0 Å². The van der Waals surface area contributed by atoms with Crippen LogP contribution in [0.5, 0.6) is 0 Å². The van der Waals surface area contributed by atoms with Crippen LogP contribution in [-0.2, 0) is 17.8 Å². The molecular formula is C18H28N2O. The summed E-state index contributed by atoms with van der Waals surface area (Å²) in [4.78, 5) is 15.7. The molecule has 0 aliphatic carbocycles. The minimum absolute atomic E-state index is 0.284. The van der Waals surface area contributed by atoms with Crippen molar-refractivity contribution in [2.45, 2.75) is 33.2 Å². The van der Waals surface area contributed by atoms with Gasteiger partial charge in [-0.1, -0.05) is 38.1 Å². The molecular weight excluding hydrogens is 260 g/mol. The Kier molecular flexibility index (Phi) is 5.40. The van der Waals surface area contributed by atoms with E-state index in [1.54, 1.807) is 0 Å². The summed E-state index contributed by atoms with van der Waals surface area (Å²) < 4.78 is 0. The van der Waals surface area contributed by atoms with Crippen molar-refractivity contribution in [2.24, 2.45) is 11.8 Å². The summed E-state index contributed by atoms with van der Waals surface area (Å²) in [5.41, 5.74) is 2.77. The van der Waals surface area contributed by atoms with Gasteiger partial charge in [0.1, 0.15) is 0 Å². The highest BCUT2D eigenvalue weighted by molar-refractivity contribution is 5.78. The fourth-order valence-corrected chi connectivity index (χ4v) is 3.15. The molecule has 3 heteroatoms. The molecule has 0 aromatic heterocycles. The topological polar surface area (TPSA) is 23.6 Å². The van der Waals surface area contributed by atoms with Gasteiger partial charge in [0.15, 0.2) is 0 Å². The molecule has 1 amide bonds. The summed E-state index contributed by atoms with van der Waals surface area (Å²) in [6.07, 6.45) is 1.85. The maximum Gasteiger partial charge on any atom is 0.222 e. The minimum Gasteiger partial charge on any atom is -0.345 e. The number of rotatable bonds is 6. The van der Waals surface area contributed by atoms with Gasteiger partial charge in [0, 0.05) is 33.1 Å². The van der Waals surface area contributed by atoms with Gasteiger partial charge in [0.2, 0.25) is 5.91 Å². The van der Waals surface area contributed by atoms with Gasteiger partial charge in [-0.05, 0) is 36.4 Å². The Labute approximate surface area is 128 Å². The van der Waals surface area contributed by atoms with Gasteiger partial charge in [-0.25, -0.2) is 0 Å². The number of nitrogens with zero attached hydrogens (tertiary/aromatic N) is 2. The first-order valence-electron chi connectivity index (χ1n) is 7.94. The molecule has 0 N–H and O–H groups in total. The Hall–Kier alpha value is -1.35. The normalized spacial score (nSPS) is 19.0. The van der Waals surface area contributed by atoms with E-state index in [-0.39, 0.29) is 5.91 Å². The fraction of sp³-hybridized carbons (Fsp3) is 0.611. The van der Waals surface area contributed by atoms with Crippen molar-refractivity contribution in [2.75, 3.05) is 27.2 Å². The number of benzene rings is 1. The number of hydrogen-bond donors (Lipinski definition) is 0. The molecule has 116 valence electrons. The number of amides is 1. The summed E-state index contributed by atoms with van der Waals surface area (Å²) >= 11 is 0. The largest absolute Gasteiger partial charge is 0.345 e. The zero-order valence-corrected chi connectivity index (χ0v) is 13.8. The van der Waals surface area contributed by atoms with Crippen molar-refractivity contribution in [3.63, 3.8) is 0 Å². The van der Waals surface area contributed by atoms with Crippen molar-refractivity contribution in [3.05, 3.63) is 35.4 Å². The monoisotopic (exact) mass is 288 g/mol. The molecule has 0 radical (unpaired) electrons. The Balaban J connectivity index is 1.82. The van der Waals surface area contributed by atoms with Crippen LogP contribution in [-0.4, -0.2) is 42.9 Å². The van der Waals surface area contributed by atoms with Crippen LogP contribution in [0.3, 0.4) is 0 Å². The van der Waals surface area contributed by atoms with Crippen LogP contribution < -0.4 is 0 Å². The lowest BCUT2D eigenvalue weighted by molar-refractivity contribution is -0.126. The number of carbonyl (C=O) groups is 1. The molecule has 0 bridgehead atoms. The first kappa shape index (κ1) is 16.0. The molecule has 21 heavy (non-hydrogen) atoms. The smallest absolute Gasteiger partial charge is 0.222 e. The van der Waals surface area contributed by atoms with Crippen LogP contribution in [0.2, 0.25) is 0 Å². The second-order valence-electron chi connectivity index (χ2n) is 6.96. The minimum atomic E-state index is 0.284. The molecule has 1 atom stereocenters. The molecule has 3 nitrogen and oxygen atoms in total. The van der Waals surface area contributed by atoms with Gasteiger partial charge in [-0.15, -0.1) is 0 Å². The van der Waals surface area contributed by atoms with Gasteiger partial charge < -0.3 is 9.80 Å². The summed E-state index contributed by atoms with van der Waals surface area (Å²) in [5.74, 6) is 1.47. The third-order valence-electron chi connectivity index (χ3n) is 4.11. The highest BCUT2D eigenvalue weighted by atomic mass is 16.2. The van der Waals surface area contributed by atoms with E-state index in [2.05, 4.69) is 50.1 Å². The number of hydrogen-bond acceptors (Lipinski definition) is 2. The van der Waals surface area contributed by atoms with Gasteiger partial charge in [-0.3, -0.25) is 4.79 Å². The van der Waals surface area contributed by atoms with E-state index in [4.69, 9.17) is 0 Å². The van der Waals surface area contributed by atoms with E-state index in [1.165, 1.54) is 11.1 Å². The summed E-state index contributed by atoms with van der Waals surface area (Å²) in [6.45, 7) is 7.35. The van der Waals surface area contributed by atoms with Gasteiger partial charge in [0.05, 0.1) is 0 Å². The summed E-state index contributed by atoms with van der Waals surface area (Å²) in [5, 5.41) is 0. The second kappa shape index (κ2) is 7.08. The quantitative estimate of drug-likeness (QED) is 0.803. The Morgan fingerprint density at radius 3 is 2.38 bits per heavy atom. The molecule has 1 aliphatic heterocycles. The van der Waals surface area contributed by atoms with E-state index in [1.807, 2.05) is 11.9 Å². The third-order valence-corrected chi connectivity index (χ3v) is 4.11. The van der Waals surface area contributed by atoms with E-state index < -0.39 is 0 Å². The van der Waals surface area contributed by atoms with Crippen LogP contribution >= 0.6 is 0 Å². The van der Waals surface area contributed by atoms with Crippen molar-refractivity contribution in [1.82, 2.24) is 9.80 Å². The first-order chi connectivity index (χ1) is 9.94. The van der Waals surface area contributed by atoms with Crippen molar-refractivity contribution >= 4 is 5.91 Å². The summed E-state index contributed by atoms with van der Waals surface area (Å²) in [7, 11) is 4.04. The standard InChI is InChI=1S/C18H28N2O/c1-14(2)9-15-5-7-16(8-6-15)11-19(3)12-17-10-18(21)20(4)13-17/h5-8,14,17H,9-13H2,1-4H3. The molecule has 1 unspecified atom stereocenters. The Bertz CT molecular complexity index is 467. The lowest BCUT2D eigenvalue weighted by Crippen LogP contribution is -2.27. The molecule has 1 saturated heterocycles. The molecule has 1 aromatic rings. The number of carbonyl (C=O) groups excluding carboxylic acids is 1. The van der Waals surface area contributed by atoms with Crippen LogP contribution in [0.25, 0.3) is 0 Å². The van der Waals surface area contributed by atoms with Crippen molar-refractivity contribution < 1.29 is 4.79 Å². The summed E-state index contributed by atoms with van der Waals surface area (Å²) in [6, 6.07) is 8.96. The zero-order chi connectivity index (χ0) is 15.4. The molecule has 2 rings (SSSR count). The maximum absolute atomic E-state index is 11.6. The van der Waals surface area contributed by atoms with Gasteiger partial charge in [0.25, 0.3) is 0 Å². The van der Waals surface area contributed by atoms with Gasteiger partial charge >= 0.3 is 0 Å². The van der Waals surface area contributed by atoms with Crippen LogP contribution in [0.15, 0.2) is 24.3 Å². The predicted molar refractivity (Wildman–Crippen MR) is 87.1 cm³/mol. The average Bonchev–Trinajstić information content (AvgIpc) is 2.70. The molecule has 1 heterocycles. The van der Waals surface area contributed by atoms with Gasteiger partial charge in [-0.2, -0.15) is 0 Å². The van der Waals surface area contributed by atoms with Crippen LogP contribution in [0.4, 0.5) is 0 Å².